The van der Waals surface area contributed by atoms with Crippen LogP contribution in [0.3, 0.4) is 0 Å². The first-order valence-corrected chi connectivity index (χ1v) is 4.99. The summed E-state index contributed by atoms with van der Waals surface area (Å²) in [5.74, 6) is 0. The van der Waals surface area contributed by atoms with E-state index in [9.17, 15) is 0 Å². The summed E-state index contributed by atoms with van der Waals surface area (Å²) in [6, 6.07) is 2.19. The highest BCUT2D eigenvalue weighted by molar-refractivity contribution is 5.36. The SMILES string of the molecule is CC.Cc1cnc2c(c1)=CCCC=2. The summed E-state index contributed by atoms with van der Waals surface area (Å²) in [5.41, 5.74) is 1.25. The van der Waals surface area contributed by atoms with Crippen molar-refractivity contribution < 1.29 is 0 Å². The van der Waals surface area contributed by atoms with Gasteiger partial charge in [0.05, 0.1) is 5.35 Å². The van der Waals surface area contributed by atoms with E-state index in [4.69, 9.17) is 0 Å². The van der Waals surface area contributed by atoms with Gasteiger partial charge >= 0.3 is 0 Å². The van der Waals surface area contributed by atoms with Crippen molar-refractivity contribution in [1.29, 1.82) is 0 Å². The van der Waals surface area contributed by atoms with E-state index in [2.05, 4.69) is 30.1 Å². The normalized spacial score (nSPS) is 12.8. The number of aryl methyl sites for hydroxylation is 1. The van der Waals surface area contributed by atoms with Crippen LogP contribution in [-0.2, 0) is 0 Å². The van der Waals surface area contributed by atoms with Gasteiger partial charge in [0.2, 0.25) is 0 Å². The minimum Gasteiger partial charge on any atom is -0.256 e. The zero-order chi connectivity index (χ0) is 9.68. The van der Waals surface area contributed by atoms with Gasteiger partial charge in [-0.2, -0.15) is 0 Å². The maximum Gasteiger partial charge on any atom is 0.0659 e. The van der Waals surface area contributed by atoms with Crippen molar-refractivity contribution >= 4 is 12.2 Å². The molecule has 13 heavy (non-hydrogen) atoms. The second-order valence-electron chi connectivity index (χ2n) is 2.97. The Kier molecular flexibility index (Phi) is 3.69. The average Bonchev–Trinajstić information content (AvgIpc) is 2.21. The molecule has 1 aliphatic rings. The molecule has 0 atom stereocenters. The van der Waals surface area contributed by atoms with Crippen LogP contribution in [0, 0.1) is 6.92 Å². The van der Waals surface area contributed by atoms with Gasteiger partial charge in [-0.3, -0.25) is 4.98 Å². The Morgan fingerprint density at radius 1 is 1.15 bits per heavy atom. The van der Waals surface area contributed by atoms with Crippen LogP contribution in [0.4, 0.5) is 0 Å². The Labute approximate surface area is 79.8 Å². The van der Waals surface area contributed by atoms with E-state index >= 15 is 0 Å². The number of pyridine rings is 1. The maximum atomic E-state index is 4.33. The van der Waals surface area contributed by atoms with Gasteiger partial charge in [0, 0.05) is 6.20 Å². The average molecular weight is 175 g/mol. The van der Waals surface area contributed by atoms with Gasteiger partial charge in [0.1, 0.15) is 0 Å². The molecule has 1 aromatic rings. The largest absolute Gasteiger partial charge is 0.256 e. The molecular formula is C12H17N. The summed E-state index contributed by atoms with van der Waals surface area (Å²) in [4.78, 5) is 4.33. The van der Waals surface area contributed by atoms with Gasteiger partial charge in [-0.05, 0) is 36.6 Å². The second-order valence-corrected chi connectivity index (χ2v) is 2.97. The molecule has 0 N–H and O–H groups in total. The molecule has 0 unspecified atom stereocenters. The van der Waals surface area contributed by atoms with Gasteiger partial charge in [0.15, 0.2) is 0 Å². The molecule has 1 heteroatoms. The summed E-state index contributed by atoms with van der Waals surface area (Å²) < 4.78 is 0. The van der Waals surface area contributed by atoms with Crippen LogP contribution in [0.2, 0.25) is 0 Å². The van der Waals surface area contributed by atoms with Crippen molar-refractivity contribution in [2.24, 2.45) is 0 Å². The van der Waals surface area contributed by atoms with Gasteiger partial charge < -0.3 is 0 Å². The lowest BCUT2D eigenvalue weighted by atomic mass is 10.1. The molecule has 0 fully saturated rings. The van der Waals surface area contributed by atoms with E-state index in [1.54, 1.807) is 0 Å². The van der Waals surface area contributed by atoms with Crippen molar-refractivity contribution in [3.63, 3.8) is 0 Å². The molecule has 0 radical (unpaired) electrons. The van der Waals surface area contributed by atoms with Crippen LogP contribution in [0.5, 0.6) is 0 Å². The zero-order valence-electron chi connectivity index (χ0n) is 8.67. The van der Waals surface area contributed by atoms with Crippen LogP contribution in [-0.4, -0.2) is 4.98 Å². The summed E-state index contributed by atoms with van der Waals surface area (Å²) in [6.45, 7) is 6.08. The highest BCUT2D eigenvalue weighted by Crippen LogP contribution is 1.94. The van der Waals surface area contributed by atoms with Crippen molar-refractivity contribution in [2.45, 2.75) is 33.6 Å². The number of nitrogens with zero attached hydrogens (tertiary/aromatic N) is 1. The van der Waals surface area contributed by atoms with E-state index in [-0.39, 0.29) is 0 Å². The quantitative estimate of drug-likeness (QED) is 0.585. The van der Waals surface area contributed by atoms with Crippen LogP contribution >= 0.6 is 0 Å². The molecule has 0 amide bonds. The Morgan fingerprint density at radius 3 is 2.62 bits per heavy atom. The fourth-order valence-corrected chi connectivity index (χ4v) is 1.40. The van der Waals surface area contributed by atoms with E-state index in [1.165, 1.54) is 10.8 Å². The number of hydrogen-bond acceptors (Lipinski definition) is 1. The molecular weight excluding hydrogens is 158 g/mol. The van der Waals surface area contributed by atoms with Crippen molar-refractivity contribution in [3.05, 3.63) is 28.4 Å². The van der Waals surface area contributed by atoms with Crippen LogP contribution < -0.4 is 10.6 Å². The molecule has 1 nitrogen and oxygen atoms in total. The molecule has 0 bridgehead atoms. The molecule has 0 aromatic carbocycles. The summed E-state index contributed by atoms with van der Waals surface area (Å²) in [6.07, 6.45) is 8.69. The molecule has 0 saturated carbocycles. The molecule has 0 aliphatic heterocycles. The third-order valence-corrected chi connectivity index (χ3v) is 1.95. The Balaban J connectivity index is 0.000000396. The number of aromatic nitrogens is 1. The van der Waals surface area contributed by atoms with Gasteiger partial charge in [-0.25, -0.2) is 0 Å². The fourth-order valence-electron chi connectivity index (χ4n) is 1.40. The predicted molar refractivity (Wildman–Crippen MR) is 57.7 cm³/mol. The first-order chi connectivity index (χ1) is 6.36. The van der Waals surface area contributed by atoms with Crippen molar-refractivity contribution in [1.82, 2.24) is 4.98 Å². The van der Waals surface area contributed by atoms with Crippen LogP contribution in [0.1, 0.15) is 32.3 Å². The first-order valence-electron chi connectivity index (χ1n) is 4.99. The zero-order valence-corrected chi connectivity index (χ0v) is 8.67. The number of hydrogen-bond donors (Lipinski definition) is 0. The topological polar surface area (TPSA) is 12.9 Å². The summed E-state index contributed by atoms with van der Waals surface area (Å²) in [7, 11) is 0. The molecule has 2 rings (SSSR count). The third-order valence-electron chi connectivity index (χ3n) is 1.95. The Bertz CT molecular complexity index is 377. The standard InChI is InChI=1S/C10H11N.C2H6/c1-8-6-9-4-2-3-5-10(9)11-7-8;1-2/h4-7H,2-3H2,1H3;1-2H3. The number of rotatable bonds is 0. The summed E-state index contributed by atoms with van der Waals surface area (Å²) >= 11 is 0. The van der Waals surface area contributed by atoms with E-state index in [0.29, 0.717) is 0 Å². The minimum absolute atomic E-state index is 1.14. The van der Waals surface area contributed by atoms with Gasteiger partial charge in [-0.1, -0.05) is 26.0 Å². The van der Waals surface area contributed by atoms with E-state index in [0.717, 1.165) is 18.2 Å². The summed E-state index contributed by atoms with van der Waals surface area (Å²) in [5, 5.41) is 2.46. The van der Waals surface area contributed by atoms with Crippen molar-refractivity contribution in [3.8, 4) is 0 Å². The lowest BCUT2D eigenvalue weighted by Gasteiger charge is -1.98. The molecule has 1 aliphatic carbocycles. The van der Waals surface area contributed by atoms with Crippen molar-refractivity contribution in [2.75, 3.05) is 0 Å². The third kappa shape index (κ3) is 2.41. The van der Waals surface area contributed by atoms with Crippen LogP contribution in [0.25, 0.3) is 12.2 Å². The monoisotopic (exact) mass is 175 g/mol. The Hall–Kier alpha value is -1.11. The molecule has 1 aromatic heterocycles. The van der Waals surface area contributed by atoms with Gasteiger partial charge in [0.25, 0.3) is 0 Å². The maximum absolute atomic E-state index is 4.33. The second kappa shape index (κ2) is 4.80. The van der Waals surface area contributed by atoms with E-state index < -0.39 is 0 Å². The lowest BCUT2D eigenvalue weighted by Crippen LogP contribution is -2.29. The lowest BCUT2D eigenvalue weighted by molar-refractivity contribution is 1.07. The number of fused-ring (bicyclic) bond motifs is 1. The molecule has 0 spiro atoms. The predicted octanol–water partition coefficient (Wildman–Crippen LogP) is 1.77. The van der Waals surface area contributed by atoms with Crippen LogP contribution in [0.15, 0.2) is 12.3 Å². The van der Waals surface area contributed by atoms with Gasteiger partial charge in [-0.15, -0.1) is 0 Å². The first kappa shape index (κ1) is 9.97. The molecule has 1 heterocycles. The fraction of sp³-hybridized carbons (Fsp3) is 0.417. The van der Waals surface area contributed by atoms with E-state index in [1.807, 2.05) is 20.0 Å². The highest BCUT2D eigenvalue weighted by Gasteiger charge is 1.93. The molecule has 0 saturated heterocycles. The minimum atomic E-state index is 1.14. The molecule has 70 valence electrons. The highest BCUT2D eigenvalue weighted by atomic mass is 14.6. The smallest absolute Gasteiger partial charge is 0.0659 e. The Morgan fingerprint density at radius 2 is 1.85 bits per heavy atom.